The molecule has 0 saturated carbocycles. The zero-order chi connectivity index (χ0) is 14.0. The summed E-state index contributed by atoms with van der Waals surface area (Å²) in [6.07, 6.45) is 0.974. The number of hydrogen-bond acceptors (Lipinski definition) is 3. The van der Waals surface area contributed by atoms with Gasteiger partial charge in [0.2, 0.25) is 0 Å². The van der Waals surface area contributed by atoms with Crippen LogP contribution in [0.2, 0.25) is 12.6 Å². The average molecular weight is 277 g/mol. The van der Waals surface area contributed by atoms with Crippen molar-refractivity contribution < 1.29 is 18.8 Å². The van der Waals surface area contributed by atoms with Gasteiger partial charge in [0, 0.05) is 26.3 Å². The Bertz CT molecular complexity index is 232. The molecule has 0 radical (unpaired) electrons. The van der Waals surface area contributed by atoms with Crippen molar-refractivity contribution in [2.45, 2.75) is 46.2 Å². The fourth-order valence-corrected chi connectivity index (χ4v) is 4.42. The third-order valence-electron chi connectivity index (χ3n) is 2.86. The molecule has 0 fully saturated rings. The molecular formula is C12H27NO4Si. The Morgan fingerprint density at radius 2 is 1.72 bits per heavy atom. The van der Waals surface area contributed by atoms with Crippen LogP contribution in [-0.2, 0) is 8.85 Å². The Hall–Kier alpha value is -0.593. The molecule has 0 unspecified atom stereocenters. The zero-order valence-electron chi connectivity index (χ0n) is 12.1. The van der Waals surface area contributed by atoms with Crippen LogP contribution >= 0.6 is 0 Å². The summed E-state index contributed by atoms with van der Waals surface area (Å²) < 4.78 is 11.5. The van der Waals surface area contributed by atoms with E-state index in [0.717, 1.165) is 18.9 Å². The second-order valence-electron chi connectivity index (χ2n) is 4.32. The van der Waals surface area contributed by atoms with Crippen LogP contribution in [0.1, 0.15) is 33.6 Å². The van der Waals surface area contributed by atoms with Crippen molar-refractivity contribution in [2.75, 3.05) is 26.3 Å². The van der Waals surface area contributed by atoms with Gasteiger partial charge in [0.05, 0.1) is 0 Å². The van der Waals surface area contributed by atoms with Crippen LogP contribution in [0.15, 0.2) is 0 Å². The van der Waals surface area contributed by atoms with Gasteiger partial charge in [0.15, 0.2) is 0 Å². The molecule has 0 aromatic rings. The Morgan fingerprint density at radius 1 is 1.17 bits per heavy atom. The molecule has 1 N–H and O–H groups in total. The third kappa shape index (κ3) is 6.98. The van der Waals surface area contributed by atoms with Crippen molar-refractivity contribution in [1.82, 2.24) is 4.90 Å². The minimum absolute atomic E-state index is 0.543. The number of nitrogens with zero attached hydrogens (tertiary/aromatic N) is 1. The highest BCUT2D eigenvalue weighted by Gasteiger charge is 2.29. The van der Waals surface area contributed by atoms with Crippen molar-refractivity contribution in [1.29, 1.82) is 0 Å². The summed E-state index contributed by atoms with van der Waals surface area (Å²) in [5.41, 5.74) is 0. The van der Waals surface area contributed by atoms with Gasteiger partial charge < -0.3 is 18.9 Å². The molecule has 0 aliphatic heterocycles. The van der Waals surface area contributed by atoms with E-state index in [1.54, 1.807) is 0 Å². The third-order valence-corrected chi connectivity index (χ3v) is 5.92. The van der Waals surface area contributed by atoms with Gasteiger partial charge in [0.1, 0.15) is 0 Å². The molecule has 0 heterocycles. The summed E-state index contributed by atoms with van der Waals surface area (Å²) >= 11 is 0. The molecule has 0 saturated heterocycles. The van der Waals surface area contributed by atoms with E-state index in [-0.39, 0.29) is 0 Å². The molecule has 5 nitrogen and oxygen atoms in total. The standard InChI is InChI=1S/C12H27NO4Si/c1-5-13(12(14)15)10-8-9-11-18(4,16-6-2)17-7-3/h5-11H2,1-4H3,(H,14,15). The van der Waals surface area contributed by atoms with Gasteiger partial charge in [-0.05, 0) is 46.2 Å². The van der Waals surface area contributed by atoms with Crippen molar-refractivity contribution in [3.05, 3.63) is 0 Å². The van der Waals surface area contributed by atoms with Crippen LogP contribution in [0, 0.1) is 0 Å². The Kier molecular flexibility index (Phi) is 9.04. The van der Waals surface area contributed by atoms with Crippen molar-refractivity contribution in [3.8, 4) is 0 Å². The van der Waals surface area contributed by atoms with Crippen molar-refractivity contribution in [3.63, 3.8) is 0 Å². The van der Waals surface area contributed by atoms with E-state index < -0.39 is 14.7 Å². The van der Waals surface area contributed by atoms with Gasteiger partial charge >= 0.3 is 14.7 Å². The molecule has 0 rings (SSSR count). The second kappa shape index (κ2) is 9.35. The normalized spacial score (nSPS) is 11.6. The molecule has 0 aromatic heterocycles. The predicted molar refractivity (Wildman–Crippen MR) is 74.2 cm³/mol. The van der Waals surface area contributed by atoms with Crippen LogP contribution in [0.3, 0.4) is 0 Å². The van der Waals surface area contributed by atoms with E-state index in [1.165, 1.54) is 4.90 Å². The van der Waals surface area contributed by atoms with Gasteiger partial charge in [-0.3, -0.25) is 0 Å². The largest absolute Gasteiger partial charge is 0.465 e. The Balaban J connectivity index is 3.95. The van der Waals surface area contributed by atoms with Crippen LogP contribution in [0.4, 0.5) is 4.79 Å². The zero-order valence-corrected chi connectivity index (χ0v) is 13.1. The highest BCUT2D eigenvalue weighted by atomic mass is 28.4. The lowest BCUT2D eigenvalue weighted by atomic mass is 10.3. The molecule has 0 aliphatic carbocycles. The topological polar surface area (TPSA) is 59.0 Å². The van der Waals surface area contributed by atoms with Gasteiger partial charge in [-0.15, -0.1) is 0 Å². The minimum Gasteiger partial charge on any atom is -0.465 e. The van der Waals surface area contributed by atoms with Gasteiger partial charge in [-0.2, -0.15) is 0 Å². The Morgan fingerprint density at radius 3 is 2.11 bits per heavy atom. The van der Waals surface area contributed by atoms with Crippen LogP contribution in [-0.4, -0.2) is 51.0 Å². The lowest BCUT2D eigenvalue weighted by molar-refractivity contribution is 0.146. The molecule has 1 amide bonds. The first kappa shape index (κ1) is 17.4. The number of hydrogen-bond donors (Lipinski definition) is 1. The maximum atomic E-state index is 10.8. The Labute approximate surface area is 111 Å². The average Bonchev–Trinajstić information content (AvgIpc) is 2.29. The highest BCUT2D eigenvalue weighted by Crippen LogP contribution is 2.17. The quantitative estimate of drug-likeness (QED) is 0.493. The SMILES string of the molecule is CCO[Si](C)(CCCCN(CC)C(=O)O)OCC. The minimum atomic E-state index is -2.02. The number of rotatable bonds is 10. The summed E-state index contributed by atoms with van der Waals surface area (Å²) in [6, 6.07) is 0.922. The van der Waals surface area contributed by atoms with Gasteiger partial charge in [-0.1, -0.05) is 0 Å². The number of unbranched alkanes of at least 4 members (excludes halogenated alkanes) is 1. The van der Waals surface area contributed by atoms with Crippen molar-refractivity contribution in [2.24, 2.45) is 0 Å². The van der Waals surface area contributed by atoms with Gasteiger partial charge in [-0.25, -0.2) is 4.79 Å². The maximum absolute atomic E-state index is 10.8. The highest BCUT2D eigenvalue weighted by molar-refractivity contribution is 6.66. The summed E-state index contributed by atoms with van der Waals surface area (Å²) in [6.45, 7) is 10.4. The van der Waals surface area contributed by atoms with Crippen LogP contribution < -0.4 is 0 Å². The molecule has 0 spiro atoms. The van der Waals surface area contributed by atoms with E-state index in [0.29, 0.717) is 26.3 Å². The molecule has 6 heteroatoms. The first-order valence-corrected chi connectivity index (χ1v) is 9.27. The van der Waals surface area contributed by atoms with E-state index in [2.05, 4.69) is 6.55 Å². The second-order valence-corrected chi connectivity index (χ2v) is 7.66. The smallest absolute Gasteiger partial charge is 0.407 e. The summed E-state index contributed by atoms with van der Waals surface area (Å²) in [4.78, 5) is 12.2. The van der Waals surface area contributed by atoms with Crippen LogP contribution in [0.5, 0.6) is 0 Å². The first-order valence-electron chi connectivity index (χ1n) is 6.74. The summed E-state index contributed by atoms with van der Waals surface area (Å²) in [5.74, 6) is 0. The van der Waals surface area contributed by atoms with Crippen LogP contribution in [0.25, 0.3) is 0 Å². The molecular weight excluding hydrogens is 250 g/mol. The predicted octanol–water partition coefficient (Wildman–Crippen LogP) is 2.91. The fraction of sp³-hybridized carbons (Fsp3) is 0.917. The molecule has 0 atom stereocenters. The number of carboxylic acid groups (broad SMARTS) is 1. The van der Waals surface area contributed by atoms with E-state index in [1.807, 2.05) is 20.8 Å². The summed E-state index contributed by atoms with van der Waals surface area (Å²) in [7, 11) is -2.02. The van der Waals surface area contributed by atoms with E-state index in [4.69, 9.17) is 14.0 Å². The summed E-state index contributed by atoms with van der Waals surface area (Å²) in [5, 5.41) is 8.89. The molecule has 108 valence electrons. The molecule has 0 aliphatic rings. The molecule has 0 bridgehead atoms. The van der Waals surface area contributed by atoms with Gasteiger partial charge in [0.25, 0.3) is 0 Å². The number of carbonyl (C=O) groups is 1. The molecule has 18 heavy (non-hydrogen) atoms. The molecule has 0 aromatic carbocycles. The lowest BCUT2D eigenvalue weighted by Gasteiger charge is -2.26. The van der Waals surface area contributed by atoms with E-state index in [9.17, 15) is 4.79 Å². The monoisotopic (exact) mass is 277 g/mol. The fourth-order valence-electron chi connectivity index (χ4n) is 1.93. The maximum Gasteiger partial charge on any atom is 0.407 e. The lowest BCUT2D eigenvalue weighted by Crippen LogP contribution is -2.39. The van der Waals surface area contributed by atoms with E-state index >= 15 is 0 Å². The number of amides is 1. The first-order chi connectivity index (χ1) is 8.49. The van der Waals surface area contributed by atoms with Crippen molar-refractivity contribution >= 4 is 14.7 Å².